The average Bonchev–Trinajstić information content (AvgIpc) is 2.05. The Hall–Kier alpha value is -1.16. The molecule has 1 unspecified atom stereocenters. The van der Waals surface area contributed by atoms with E-state index >= 15 is 0 Å². The van der Waals surface area contributed by atoms with Crippen LogP contribution in [0.3, 0.4) is 0 Å². The van der Waals surface area contributed by atoms with Gasteiger partial charge in [-0.2, -0.15) is 0 Å². The first-order valence-electron chi connectivity index (χ1n) is 3.84. The Morgan fingerprint density at radius 2 is 2.58 bits per heavy atom. The Morgan fingerprint density at radius 3 is 3.17 bits per heavy atom. The number of hydrogen-bond acceptors (Lipinski definition) is 3. The van der Waals surface area contributed by atoms with Gasteiger partial charge in [0.25, 0.3) is 5.91 Å². The Balaban J connectivity index is 2.53. The zero-order chi connectivity index (χ0) is 8.97. The number of allylic oxidation sites excluding steroid dienone is 1. The second-order valence-electron chi connectivity index (χ2n) is 2.57. The van der Waals surface area contributed by atoms with E-state index in [1.54, 1.807) is 0 Å². The fourth-order valence-electron chi connectivity index (χ4n) is 1.07. The third-order valence-electron chi connectivity index (χ3n) is 1.64. The molecule has 1 atom stereocenters. The van der Waals surface area contributed by atoms with Crippen LogP contribution in [0, 0.1) is 0 Å². The predicted molar refractivity (Wildman–Crippen MR) is 43.6 cm³/mol. The van der Waals surface area contributed by atoms with E-state index in [1.165, 1.54) is 6.08 Å². The lowest BCUT2D eigenvalue weighted by Crippen LogP contribution is -2.53. The van der Waals surface area contributed by atoms with Crippen molar-refractivity contribution in [3.63, 3.8) is 0 Å². The van der Waals surface area contributed by atoms with Gasteiger partial charge in [-0.15, -0.1) is 6.58 Å². The molecule has 1 saturated heterocycles. The SMILES string of the molecule is C=CCC(=O)C1NCC[N]C1=O. The summed E-state index contributed by atoms with van der Waals surface area (Å²) < 4.78 is 0. The van der Waals surface area contributed by atoms with E-state index in [9.17, 15) is 9.59 Å². The highest BCUT2D eigenvalue weighted by Crippen LogP contribution is 1.97. The number of hydrogen-bond donors (Lipinski definition) is 1. The fourth-order valence-corrected chi connectivity index (χ4v) is 1.07. The third-order valence-corrected chi connectivity index (χ3v) is 1.64. The fraction of sp³-hybridized carbons (Fsp3) is 0.500. The summed E-state index contributed by atoms with van der Waals surface area (Å²) in [6.45, 7) is 4.50. The van der Waals surface area contributed by atoms with Crippen LogP contribution < -0.4 is 10.6 Å². The number of ketones is 1. The molecule has 65 valence electrons. The van der Waals surface area contributed by atoms with Crippen molar-refractivity contribution in [1.29, 1.82) is 0 Å². The van der Waals surface area contributed by atoms with Crippen molar-refractivity contribution >= 4 is 11.7 Å². The van der Waals surface area contributed by atoms with Crippen molar-refractivity contribution in [3.05, 3.63) is 12.7 Å². The topological polar surface area (TPSA) is 60.3 Å². The molecule has 1 amide bonds. The van der Waals surface area contributed by atoms with Gasteiger partial charge in [-0.25, -0.2) is 5.32 Å². The first-order chi connectivity index (χ1) is 5.75. The monoisotopic (exact) mass is 167 g/mol. The highest BCUT2D eigenvalue weighted by molar-refractivity contribution is 6.06. The zero-order valence-electron chi connectivity index (χ0n) is 6.75. The molecular formula is C8H11N2O2. The van der Waals surface area contributed by atoms with Gasteiger partial charge in [0.05, 0.1) is 6.54 Å². The second kappa shape index (κ2) is 4.01. The standard InChI is InChI=1S/C8H11N2O2/c1-2-3-6(11)7-8(12)10-5-4-9-7/h2,7,9H,1,3-5H2. The summed E-state index contributed by atoms with van der Waals surface area (Å²) in [4.78, 5) is 22.2. The summed E-state index contributed by atoms with van der Waals surface area (Å²) in [5, 5.41) is 6.47. The van der Waals surface area contributed by atoms with Gasteiger partial charge >= 0.3 is 0 Å². The Labute approximate surface area is 71.0 Å². The van der Waals surface area contributed by atoms with Crippen LogP contribution in [0.2, 0.25) is 0 Å². The lowest BCUT2D eigenvalue weighted by atomic mass is 10.1. The van der Waals surface area contributed by atoms with Crippen molar-refractivity contribution in [1.82, 2.24) is 10.6 Å². The molecule has 1 heterocycles. The molecule has 0 aliphatic carbocycles. The predicted octanol–water partition coefficient (Wildman–Crippen LogP) is -0.766. The summed E-state index contributed by atoms with van der Waals surface area (Å²) >= 11 is 0. The Morgan fingerprint density at radius 1 is 1.83 bits per heavy atom. The maximum Gasteiger partial charge on any atom is 0.266 e. The smallest absolute Gasteiger partial charge is 0.266 e. The summed E-state index contributed by atoms with van der Waals surface area (Å²) in [6.07, 6.45) is 1.71. The van der Waals surface area contributed by atoms with Gasteiger partial charge in [0.1, 0.15) is 6.04 Å². The van der Waals surface area contributed by atoms with Gasteiger partial charge in [-0.05, 0) is 0 Å². The molecule has 0 aromatic carbocycles. The van der Waals surface area contributed by atoms with E-state index in [4.69, 9.17) is 0 Å². The van der Waals surface area contributed by atoms with Crippen molar-refractivity contribution in [2.45, 2.75) is 12.5 Å². The van der Waals surface area contributed by atoms with Crippen LogP contribution >= 0.6 is 0 Å². The van der Waals surface area contributed by atoms with E-state index in [0.717, 1.165) is 0 Å². The number of rotatable bonds is 3. The number of nitrogens with one attached hydrogen (secondary N) is 1. The first-order valence-corrected chi connectivity index (χ1v) is 3.84. The molecule has 0 spiro atoms. The van der Waals surface area contributed by atoms with Crippen LogP contribution in [-0.4, -0.2) is 30.8 Å². The lowest BCUT2D eigenvalue weighted by molar-refractivity contribution is -0.132. The van der Waals surface area contributed by atoms with Crippen LogP contribution in [0.15, 0.2) is 12.7 Å². The van der Waals surface area contributed by atoms with E-state index in [-0.39, 0.29) is 18.1 Å². The molecule has 0 aromatic rings. The summed E-state index contributed by atoms with van der Waals surface area (Å²) in [5.41, 5.74) is 0. The van der Waals surface area contributed by atoms with Crippen LogP contribution in [0.25, 0.3) is 0 Å². The molecule has 1 fully saturated rings. The van der Waals surface area contributed by atoms with Gasteiger partial charge in [-0.1, -0.05) is 6.08 Å². The van der Waals surface area contributed by atoms with Gasteiger partial charge in [-0.3, -0.25) is 14.9 Å². The summed E-state index contributed by atoms with van der Waals surface area (Å²) in [6, 6.07) is -0.725. The molecule has 4 nitrogen and oxygen atoms in total. The Bertz CT molecular complexity index is 213. The number of carbonyl (C=O) groups is 2. The number of Topliss-reactive ketones (excluding diaryl/α,β-unsaturated/α-hetero) is 1. The van der Waals surface area contributed by atoms with Crippen molar-refractivity contribution in [2.75, 3.05) is 13.1 Å². The third kappa shape index (κ3) is 1.92. The molecule has 0 saturated carbocycles. The van der Waals surface area contributed by atoms with Crippen LogP contribution in [0.1, 0.15) is 6.42 Å². The minimum atomic E-state index is -0.725. The van der Waals surface area contributed by atoms with E-state index in [0.29, 0.717) is 13.1 Å². The number of piperazine rings is 1. The largest absolute Gasteiger partial charge is 0.298 e. The molecular weight excluding hydrogens is 156 g/mol. The maximum absolute atomic E-state index is 11.2. The average molecular weight is 167 g/mol. The van der Waals surface area contributed by atoms with E-state index in [2.05, 4.69) is 17.2 Å². The lowest BCUT2D eigenvalue weighted by Gasteiger charge is -2.19. The molecule has 0 bridgehead atoms. The van der Waals surface area contributed by atoms with Crippen LogP contribution in [0.4, 0.5) is 0 Å². The van der Waals surface area contributed by atoms with Crippen LogP contribution in [-0.2, 0) is 9.59 Å². The minimum absolute atomic E-state index is 0.154. The van der Waals surface area contributed by atoms with Gasteiger partial charge in [0, 0.05) is 13.0 Å². The number of carbonyl (C=O) groups excluding carboxylic acids is 2. The zero-order valence-corrected chi connectivity index (χ0v) is 6.75. The van der Waals surface area contributed by atoms with Gasteiger partial charge < -0.3 is 0 Å². The maximum atomic E-state index is 11.2. The highest BCUT2D eigenvalue weighted by Gasteiger charge is 2.28. The Kier molecular flexibility index (Phi) is 2.99. The quantitative estimate of drug-likeness (QED) is 0.443. The normalized spacial score (nSPS) is 23.0. The molecule has 12 heavy (non-hydrogen) atoms. The van der Waals surface area contributed by atoms with Crippen LogP contribution in [0.5, 0.6) is 0 Å². The molecule has 1 radical (unpaired) electrons. The molecule has 0 aromatic heterocycles. The first kappa shape index (κ1) is 8.93. The second-order valence-corrected chi connectivity index (χ2v) is 2.57. The van der Waals surface area contributed by atoms with E-state index in [1.807, 2.05) is 0 Å². The van der Waals surface area contributed by atoms with Crippen molar-refractivity contribution in [2.24, 2.45) is 0 Å². The molecule has 1 rings (SSSR count). The highest BCUT2D eigenvalue weighted by atomic mass is 16.2. The number of nitrogens with zero attached hydrogens (tertiary/aromatic N) is 1. The molecule has 1 aliphatic heterocycles. The molecule has 1 aliphatic rings. The van der Waals surface area contributed by atoms with Crippen molar-refractivity contribution in [3.8, 4) is 0 Å². The number of amides is 1. The minimum Gasteiger partial charge on any atom is -0.298 e. The van der Waals surface area contributed by atoms with E-state index < -0.39 is 6.04 Å². The summed E-state index contributed by atoms with van der Waals surface area (Å²) in [7, 11) is 0. The van der Waals surface area contributed by atoms with Gasteiger partial charge in [0.2, 0.25) is 0 Å². The van der Waals surface area contributed by atoms with Crippen molar-refractivity contribution < 1.29 is 9.59 Å². The molecule has 1 N–H and O–H groups in total. The molecule has 4 heteroatoms. The summed E-state index contributed by atoms with van der Waals surface area (Å²) in [5.74, 6) is -0.508. The van der Waals surface area contributed by atoms with Gasteiger partial charge in [0.15, 0.2) is 5.78 Å².